The summed E-state index contributed by atoms with van der Waals surface area (Å²) in [6, 6.07) is 11.0. The van der Waals surface area contributed by atoms with Gasteiger partial charge in [0.1, 0.15) is 5.84 Å². The molecule has 1 N–H and O–H groups in total. The molecule has 1 unspecified atom stereocenters. The van der Waals surface area contributed by atoms with Crippen LogP contribution in [0.5, 0.6) is 0 Å². The molecular weight excluding hydrogens is 172 g/mol. The van der Waals surface area contributed by atoms with Gasteiger partial charge in [0.25, 0.3) is 0 Å². The number of benzene rings is 1. The normalized spacial score (nSPS) is 20.4. The maximum absolute atomic E-state index is 4.49. The monoisotopic (exact) mass is 188 g/mol. The van der Waals surface area contributed by atoms with Gasteiger partial charge in [-0.25, -0.2) is 0 Å². The summed E-state index contributed by atoms with van der Waals surface area (Å²) in [6.45, 7) is 3.14. The van der Waals surface area contributed by atoms with Crippen molar-refractivity contribution in [2.45, 2.75) is 25.8 Å². The fourth-order valence-electron chi connectivity index (χ4n) is 1.67. The molecule has 0 spiro atoms. The molecule has 14 heavy (non-hydrogen) atoms. The summed E-state index contributed by atoms with van der Waals surface area (Å²) in [7, 11) is 0. The summed E-state index contributed by atoms with van der Waals surface area (Å²) < 4.78 is 0. The minimum absolute atomic E-state index is 0.564. The Kier molecular flexibility index (Phi) is 2.82. The first-order valence-corrected chi connectivity index (χ1v) is 5.22. The van der Waals surface area contributed by atoms with E-state index in [4.69, 9.17) is 0 Å². The molecule has 1 heterocycles. The van der Waals surface area contributed by atoms with Gasteiger partial charge >= 0.3 is 0 Å². The van der Waals surface area contributed by atoms with Gasteiger partial charge in [0, 0.05) is 12.5 Å². The summed E-state index contributed by atoms with van der Waals surface area (Å²) in [6.07, 6.45) is 2.10. The lowest BCUT2D eigenvalue weighted by Crippen LogP contribution is -2.30. The van der Waals surface area contributed by atoms with Gasteiger partial charge in [-0.05, 0) is 12.0 Å². The third-order valence-electron chi connectivity index (χ3n) is 2.58. The lowest BCUT2D eigenvalue weighted by atomic mass is 10.1. The molecule has 0 fully saturated rings. The van der Waals surface area contributed by atoms with E-state index in [1.54, 1.807) is 0 Å². The molecule has 2 rings (SSSR count). The number of amidine groups is 1. The highest BCUT2D eigenvalue weighted by atomic mass is 15.1. The molecule has 1 atom stereocenters. The topological polar surface area (TPSA) is 24.4 Å². The van der Waals surface area contributed by atoms with E-state index in [0.717, 1.165) is 25.2 Å². The molecule has 0 saturated heterocycles. The van der Waals surface area contributed by atoms with Crippen LogP contribution >= 0.6 is 0 Å². The predicted octanol–water partition coefficient (Wildman–Crippen LogP) is 2.01. The Morgan fingerprint density at radius 2 is 2.14 bits per heavy atom. The molecule has 0 radical (unpaired) electrons. The van der Waals surface area contributed by atoms with E-state index < -0.39 is 0 Å². The number of aliphatic imine (C=N–C) groups is 1. The molecule has 74 valence electrons. The molecule has 0 bridgehead atoms. The van der Waals surface area contributed by atoms with E-state index in [-0.39, 0.29) is 0 Å². The lowest BCUT2D eigenvalue weighted by Gasteiger charge is -2.08. The Bertz CT molecular complexity index is 316. The van der Waals surface area contributed by atoms with Crippen molar-refractivity contribution >= 4 is 5.84 Å². The first-order valence-electron chi connectivity index (χ1n) is 5.22. The Labute approximate surface area is 85.1 Å². The van der Waals surface area contributed by atoms with Gasteiger partial charge in [-0.2, -0.15) is 0 Å². The van der Waals surface area contributed by atoms with Crippen LogP contribution < -0.4 is 5.32 Å². The number of nitrogens with one attached hydrogen (secondary N) is 1. The largest absolute Gasteiger partial charge is 0.369 e. The summed E-state index contributed by atoms with van der Waals surface area (Å²) in [5.41, 5.74) is 1.33. The number of rotatable bonds is 3. The van der Waals surface area contributed by atoms with Crippen molar-refractivity contribution in [1.29, 1.82) is 0 Å². The molecule has 0 amide bonds. The fraction of sp³-hybridized carbons (Fsp3) is 0.417. The van der Waals surface area contributed by atoms with Crippen LogP contribution in [0.3, 0.4) is 0 Å². The highest BCUT2D eigenvalue weighted by Crippen LogP contribution is 2.05. The molecule has 0 aliphatic carbocycles. The first kappa shape index (κ1) is 9.25. The van der Waals surface area contributed by atoms with Crippen molar-refractivity contribution in [3.63, 3.8) is 0 Å². The van der Waals surface area contributed by atoms with Gasteiger partial charge in [0.15, 0.2) is 0 Å². The van der Waals surface area contributed by atoms with Gasteiger partial charge in [-0.3, -0.25) is 4.99 Å². The van der Waals surface area contributed by atoms with Crippen molar-refractivity contribution in [3.05, 3.63) is 35.9 Å². The molecule has 1 aliphatic heterocycles. The second kappa shape index (κ2) is 4.27. The third kappa shape index (κ3) is 2.13. The predicted molar refractivity (Wildman–Crippen MR) is 59.7 cm³/mol. The van der Waals surface area contributed by atoms with Crippen LogP contribution in [0.4, 0.5) is 0 Å². The maximum atomic E-state index is 4.49. The molecule has 0 aromatic heterocycles. The van der Waals surface area contributed by atoms with Crippen LogP contribution in [0.25, 0.3) is 0 Å². The zero-order chi connectivity index (χ0) is 9.80. The number of nitrogens with zero attached hydrogens (tertiary/aromatic N) is 1. The lowest BCUT2D eigenvalue weighted by molar-refractivity contribution is 0.634. The average Bonchev–Trinajstić information content (AvgIpc) is 2.67. The Balaban J connectivity index is 1.94. The summed E-state index contributed by atoms with van der Waals surface area (Å²) in [5, 5.41) is 3.44. The Morgan fingerprint density at radius 3 is 2.79 bits per heavy atom. The smallest absolute Gasteiger partial charge is 0.101 e. The van der Waals surface area contributed by atoms with E-state index in [9.17, 15) is 0 Å². The molecule has 1 aromatic rings. The van der Waals surface area contributed by atoms with Crippen LogP contribution in [0.2, 0.25) is 0 Å². The summed E-state index contributed by atoms with van der Waals surface area (Å²) in [4.78, 5) is 4.49. The summed E-state index contributed by atoms with van der Waals surface area (Å²) in [5.74, 6) is 1.14. The molecular formula is C12H16N2. The van der Waals surface area contributed by atoms with Crippen LogP contribution in [0.1, 0.15) is 18.9 Å². The fourth-order valence-corrected chi connectivity index (χ4v) is 1.67. The van der Waals surface area contributed by atoms with E-state index in [2.05, 4.69) is 41.5 Å². The molecule has 2 nitrogen and oxygen atoms in total. The third-order valence-corrected chi connectivity index (χ3v) is 2.58. The SMILES string of the molecule is CCC1CN=C(Cc2ccccc2)N1. The van der Waals surface area contributed by atoms with Crippen molar-refractivity contribution in [1.82, 2.24) is 5.32 Å². The van der Waals surface area contributed by atoms with E-state index in [1.807, 2.05) is 6.07 Å². The zero-order valence-corrected chi connectivity index (χ0v) is 8.53. The standard InChI is InChI=1S/C12H16N2/c1-2-11-9-13-12(14-11)8-10-6-4-3-5-7-10/h3-7,11H,2,8-9H2,1H3,(H,13,14). The number of hydrogen-bond acceptors (Lipinski definition) is 2. The van der Waals surface area contributed by atoms with E-state index in [1.165, 1.54) is 5.56 Å². The molecule has 1 aliphatic rings. The van der Waals surface area contributed by atoms with Gasteiger partial charge < -0.3 is 5.32 Å². The summed E-state index contributed by atoms with van der Waals surface area (Å²) >= 11 is 0. The molecule has 2 heteroatoms. The zero-order valence-electron chi connectivity index (χ0n) is 8.53. The van der Waals surface area contributed by atoms with Crippen LogP contribution in [-0.4, -0.2) is 18.4 Å². The van der Waals surface area contributed by atoms with Gasteiger partial charge in [-0.15, -0.1) is 0 Å². The van der Waals surface area contributed by atoms with Gasteiger partial charge in [-0.1, -0.05) is 37.3 Å². The van der Waals surface area contributed by atoms with Crippen molar-refractivity contribution in [3.8, 4) is 0 Å². The average molecular weight is 188 g/mol. The minimum atomic E-state index is 0.564. The Hall–Kier alpha value is -1.31. The molecule has 0 saturated carbocycles. The minimum Gasteiger partial charge on any atom is -0.369 e. The Morgan fingerprint density at radius 1 is 1.36 bits per heavy atom. The van der Waals surface area contributed by atoms with Crippen molar-refractivity contribution in [2.75, 3.05) is 6.54 Å². The van der Waals surface area contributed by atoms with Gasteiger partial charge in [0.05, 0.1) is 6.54 Å². The molecule has 1 aromatic carbocycles. The van der Waals surface area contributed by atoms with Crippen LogP contribution in [0, 0.1) is 0 Å². The van der Waals surface area contributed by atoms with E-state index in [0.29, 0.717) is 6.04 Å². The van der Waals surface area contributed by atoms with Crippen LogP contribution in [-0.2, 0) is 6.42 Å². The highest BCUT2D eigenvalue weighted by molar-refractivity contribution is 5.86. The highest BCUT2D eigenvalue weighted by Gasteiger charge is 2.14. The van der Waals surface area contributed by atoms with Crippen molar-refractivity contribution < 1.29 is 0 Å². The second-order valence-electron chi connectivity index (χ2n) is 3.70. The van der Waals surface area contributed by atoms with Crippen molar-refractivity contribution in [2.24, 2.45) is 4.99 Å². The number of hydrogen-bond donors (Lipinski definition) is 1. The van der Waals surface area contributed by atoms with Crippen LogP contribution in [0.15, 0.2) is 35.3 Å². The maximum Gasteiger partial charge on any atom is 0.101 e. The first-order chi connectivity index (χ1) is 6.88. The van der Waals surface area contributed by atoms with E-state index >= 15 is 0 Å². The van der Waals surface area contributed by atoms with Gasteiger partial charge in [0.2, 0.25) is 0 Å². The second-order valence-corrected chi connectivity index (χ2v) is 3.70. The quantitative estimate of drug-likeness (QED) is 0.771.